The zero-order chi connectivity index (χ0) is 14.6. The van der Waals surface area contributed by atoms with Crippen LogP contribution in [0.25, 0.3) is 0 Å². The number of benzene rings is 1. The Morgan fingerprint density at radius 2 is 1.47 bits per heavy atom. The molecule has 1 aromatic rings. The zero-order valence-electron chi connectivity index (χ0n) is 11.8. The minimum atomic E-state index is -0.555. The molecule has 0 bridgehead atoms. The van der Waals surface area contributed by atoms with E-state index in [1.54, 1.807) is 31.2 Å². The quantitative estimate of drug-likeness (QED) is 0.779. The SMILES string of the molecule is C[C@@H](N)C(=O)Nc1ccc(NC(=O)C(C)(C)C)cc1. The van der Waals surface area contributed by atoms with Crippen LogP contribution in [0.5, 0.6) is 0 Å². The standard InChI is InChI=1S/C14H21N3O2/c1-9(15)12(18)16-10-5-7-11(8-6-10)17-13(19)14(2,3)4/h5-9H,15H2,1-4H3,(H,16,18)(H,17,19)/t9-/m1/s1. The number of anilines is 2. The van der Waals surface area contributed by atoms with Crippen molar-refractivity contribution >= 4 is 23.2 Å². The van der Waals surface area contributed by atoms with Gasteiger partial charge in [-0.3, -0.25) is 9.59 Å². The monoisotopic (exact) mass is 263 g/mol. The number of amides is 2. The fourth-order valence-electron chi connectivity index (χ4n) is 1.21. The summed E-state index contributed by atoms with van der Waals surface area (Å²) in [6.45, 7) is 7.16. The van der Waals surface area contributed by atoms with Gasteiger partial charge in [-0.25, -0.2) is 0 Å². The van der Waals surface area contributed by atoms with Gasteiger partial charge in [-0.05, 0) is 31.2 Å². The number of hydrogen-bond donors (Lipinski definition) is 3. The van der Waals surface area contributed by atoms with E-state index in [0.717, 1.165) is 0 Å². The van der Waals surface area contributed by atoms with Gasteiger partial charge in [0.05, 0.1) is 6.04 Å². The molecule has 5 heteroatoms. The highest BCUT2D eigenvalue weighted by Gasteiger charge is 2.21. The van der Waals surface area contributed by atoms with E-state index in [1.165, 1.54) is 0 Å². The Bertz CT molecular complexity index is 459. The van der Waals surface area contributed by atoms with Crippen molar-refractivity contribution in [3.05, 3.63) is 24.3 Å². The molecule has 104 valence electrons. The zero-order valence-corrected chi connectivity index (χ0v) is 11.8. The average molecular weight is 263 g/mol. The first kappa shape index (κ1) is 15.2. The first-order chi connectivity index (χ1) is 8.70. The molecular weight excluding hydrogens is 242 g/mol. The van der Waals surface area contributed by atoms with Crippen molar-refractivity contribution in [1.29, 1.82) is 0 Å². The van der Waals surface area contributed by atoms with Crippen molar-refractivity contribution in [3.63, 3.8) is 0 Å². The molecule has 0 aromatic heterocycles. The van der Waals surface area contributed by atoms with E-state index in [0.29, 0.717) is 11.4 Å². The lowest BCUT2D eigenvalue weighted by atomic mass is 9.95. The molecule has 0 aliphatic carbocycles. The van der Waals surface area contributed by atoms with Crippen LogP contribution in [-0.4, -0.2) is 17.9 Å². The van der Waals surface area contributed by atoms with E-state index in [4.69, 9.17) is 5.73 Å². The highest BCUT2D eigenvalue weighted by atomic mass is 16.2. The largest absolute Gasteiger partial charge is 0.326 e. The predicted octanol–water partition coefficient (Wildman–Crippen LogP) is 1.96. The van der Waals surface area contributed by atoms with Crippen molar-refractivity contribution in [2.75, 3.05) is 10.6 Å². The Balaban J connectivity index is 2.67. The molecule has 0 radical (unpaired) electrons. The van der Waals surface area contributed by atoms with Crippen LogP contribution in [0, 0.1) is 5.41 Å². The lowest BCUT2D eigenvalue weighted by molar-refractivity contribution is -0.123. The summed E-state index contributed by atoms with van der Waals surface area (Å²) < 4.78 is 0. The fraction of sp³-hybridized carbons (Fsp3) is 0.429. The summed E-state index contributed by atoms with van der Waals surface area (Å²) in [7, 11) is 0. The molecular formula is C14H21N3O2. The van der Waals surface area contributed by atoms with E-state index in [9.17, 15) is 9.59 Å². The third kappa shape index (κ3) is 4.71. The topological polar surface area (TPSA) is 84.2 Å². The molecule has 0 unspecified atom stereocenters. The Hall–Kier alpha value is -1.88. The second-order valence-electron chi connectivity index (χ2n) is 5.56. The van der Waals surface area contributed by atoms with Crippen LogP contribution in [0.1, 0.15) is 27.7 Å². The molecule has 5 nitrogen and oxygen atoms in total. The van der Waals surface area contributed by atoms with E-state index in [2.05, 4.69) is 10.6 Å². The molecule has 19 heavy (non-hydrogen) atoms. The normalized spacial score (nSPS) is 12.7. The van der Waals surface area contributed by atoms with Crippen LogP contribution < -0.4 is 16.4 Å². The van der Waals surface area contributed by atoms with Crippen molar-refractivity contribution in [2.24, 2.45) is 11.1 Å². The smallest absolute Gasteiger partial charge is 0.240 e. The fourth-order valence-corrected chi connectivity index (χ4v) is 1.21. The summed E-state index contributed by atoms with van der Waals surface area (Å²) in [5.41, 5.74) is 6.36. The third-order valence-electron chi connectivity index (χ3n) is 2.51. The van der Waals surface area contributed by atoms with Crippen molar-refractivity contribution in [1.82, 2.24) is 0 Å². The maximum absolute atomic E-state index is 11.8. The molecule has 1 aromatic carbocycles. The second kappa shape index (κ2) is 5.84. The molecule has 1 rings (SSSR count). The molecule has 0 saturated heterocycles. The summed E-state index contributed by atoms with van der Waals surface area (Å²) >= 11 is 0. The van der Waals surface area contributed by atoms with Gasteiger partial charge < -0.3 is 16.4 Å². The second-order valence-corrected chi connectivity index (χ2v) is 5.56. The Kier molecular flexibility index (Phi) is 4.67. The average Bonchev–Trinajstić information content (AvgIpc) is 2.30. The molecule has 2 amide bonds. The van der Waals surface area contributed by atoms with E-state index < -0.39 is 11.5 Å². The molecule has 0 aliphatic rings. The van der Waals surface area contributed by atoms with Gasteiger partial charge in [-0.15, -0.1) is 0 Å². The lowest BCUT2D eigenvalue weighted by Gasteiger charge is -2.17. The van der Waals surface area contributed by atoms with Crippen molar-refractivity contribution in [3.8, 4) is 0 Å². The molecule has 0 fully saturated rings. The molecule has 0 aliphatic heterocycles. The van der Waals surface area contributed by atoms with Crippen LogP contribution >= 0.6 is 0 Å². The number of nitrogens with one attached hydrogen (secondary N) is 2. The summed E-state index contributed by atoms with van der Waals surface area (Å²) in [6, 6.07) is 6.36. The number of rotatable bonds is 3. The molecule has 0 spiro atoms. The predicted molar refractivity (Wildman–Crippen MR) is 76.8 cm³/mol. The van der Waals surface area contributed by atoms with E-state index >= 15 is 0 Å². The molecule has 4 N–H and O–H groups in total. The highest BCUT2D eigenvalue weighted by molar-refractivity contribution is 5.96. The molecule has 0 heterocycles. The van der Waals surface area contributed by atoms with E-state index in [-0.39, 0.29) is 11.8 Å². The van der Waals surface area contributed by atoms with Crippen LogP contribution in [-0.2, 0) is 9.59 Å². The van der Waals surface area contributed by atoms with E-state index in [1.807, 2.05) is 20.8 Å². The minimum Gasteiger partial charge on any atom is -0.326 e. The van der Waals surface area contributed by atoms with Gasteiger partial charge in [0.15, 0.2) is 0 Å². The first-order valence-corrected chi connectivity index (χ1v) is 6.18. The van der Waals surface area contributed by atoms with Gasteiger partial charge in [-0.2, -0.15) is 0 Å². The summed E-state index contributed by atoms with van der Waals surface area (Å²) in [6.07, 6.45) is 0. The lowest BCUT2D eigenvalue weighted by Crippen LogP contribution is -2.32. The number of nitrogens with two attached hydrogens (primary N) is 1. The summed E-state index contributed by atoms with van der Waals surface area (Å²) in [5.74, 6) is -0.300. The van der Waals surface area contributed by atoms with Crippen LogP contribution in [0.4, 0.5) is 11.4 Å². The van der Waals surface area contributed by atoms with Gasteiger partial charge in [-0.1, -0.05) is 20.8 Å². The van der Waals surface area contributed by atoms with Crippen molar-refractivity contribution < 1.29 is 9.59 Å². The Labute approximate surface area is 113 Å². The maximum atomic E-state index is 11.8. The number of hydrogen-bond acceptors (Lipinski definition) is 3. The summed E-state index contributed by atoms with van der Waals surface area (Å²) in [5, 5.41) is 5.48. The number of carbonyl (C=O) groups is 2. The number of carbonyl (C=O) groups excluding carboxylic acids is 2. The van der Waals surface area contributed by atoms with Crippen LogP contribution in [0.15, 0.2) is 24.3 Å². The first-order valence-electron chi connectivity index (χ1n) is 6.18. The highest BCUT2D eigenvalue weighted by Crippen LogP contribution is 2.19. The minimum absolute atomic E-state index is 0.0557. The van der Waals surface area contributed by atoms with Crippen molar-refractivity contribution in [2.45, 2.75) is 33.7 Å². The molecule has 1 atom stereocenters. The Morgan fingerprint density at radius 1 is 1.05 bits per heavy atom. The summed E-state index contributed by atoms with van der Waals surface area (Å²) in [4.78, 5) is 23.2. The molecule has 0 saturated carbocycles. The van der Waals surface area contributed by atoms with Gasteiger partial charge in [0, 0.05) is 16.8 Å². The van der Waals surface area contributed by atoms with Crippen LogP contribution in [0.2, 0.25) is 0 Å². The van der Waals surface area contributed by atoms with Gasteiger partial charge in [0.1, 0.15) is 0 Å². The van der Waals surface area contributed by atoms with Gasteiger partial charge in [0.2, 0.25) is 11.8 Å². The van der Waals surface area contributed by atoms with Crippen LogP contribution in [0.3, 0.4) is 0 Å². The maximum Gasteiger partial charge on any atom is 0.240 e. The van der Waals surface area contributed by atoms with Gasteiger partial charge >= 0.3 is 0 Å². The third-order valence-corrected chi connectivity index (χ3v) is 2.51. The Morgan fingerprint density at radius 3 is 1.84 bits per heavy atom. The van der Waals surface area contributed by atoms with Gasteiger partial charge in [0.25, 0.3) is 0 Å².